The minimum atomic E-state index is -0.382. The van der Waals surface area contributed by atoms with Crippen molar-refractivity contribution in [3.8, 4) is 22.3 Å². The van der Waals surface area contributed by atoms with E-state index in [1.54, 1.807) is 0 Å². The lowest BCUT2D eigenvalue weighted by Gasteiger charge is -2.35. The Labute approximate surface area is 244 Å². The van der Waals surface area contributed by atoms with Gasteiger partial charge in [0.2, 0.25) is 0 Å². The summed E-state index contributed by atoms with van der Waals surface area (Å²) in [7, 11) is -0.382. The molecule has 6 rings (SSSR count). The van der Waals surface area contributed by atoms with E-state index in [0.29, 0.717) is 0 Å². The van der Waals surface area contributed by atoms with Gasteiger partial charge in [-0.1, -0.05) is 104 Å². The van der Waals surface area contributed by atoms with Crippen LogP contribution in [0.3, 0.4) is 0 Å². The first kappa shape index (κ1) is 27.1. The molecule has 1 saturated heterocycles. The van der Waals surface area contributed by atoms with E-state index < -0.39 is 0 Å². The molecule has 1 aliphatic rings. The maximum absolute atomic E-state index is 6.44. The monoisotopic (exact) mass is 537 g/mol. The summed E-state index contributed by atoms with van der Waals surface area (Å²) in [5.74, 6) is 0. The van der Waals surface area contributed by atoms with Gasteiger partial charge in [-0.3, -0.25) is 0 Å². The van der Waals surface area contributed by atoms with Crippen molar-refractivity contribution in [3.05, 3.63) is 133 Å². The van der Waals surface area contributed by atoms with E-state index in [0.717, 1.165) is 28.9 Å². The van der Waals surface area contributed by atoms with E-state index in [1.807, 2.05) is 12.1 Å². The van der Waals surface area contributed by atoms with Crippen LogP contribution in [0.1, 0.15) is 34.1 Å². The highest BCUT2D eigenvalue weighted by Gasteiger charge is 2.53. The van der Waals surface area contributed by atoms with Crippen molar-refractivity contribution >= 4 is 29.6 Å². The van der Waals surface area contributed by atoms with Crippen LogP contribution in [-0.4, -0.2) is 18.3 Å². The molecule has 1 heterocycles. The summed E-state index contributed by atoms with van der Waals surface area (Å²) < 4.78 is 12.8. The van der Waals surface area contributed by atoms with Gasteiger partial charge in [0.1, 0.15) is 0 Å². The maximum atomic E-state index is 6.44. The molecule has 3 nitrogen and oxygen atoms in total. The zero-order chi connectivity index (χ0) is 28.5. The molecule has 1 atom stereocenters. The summed E-state index contributed by atoms with van der Waals surface area (Å²) in [6.07, 6.45) is 0.889. The van der Waals surface area contributed by atoms with Crippen molar-refractivity contribution in [2.75, 3.05) is 4.90 Å². The molecule has 0 radical (unpaired) electrons. The molecule has 5 aromatic carbocycles. The predicted octanol–water partition coefficient (Wildman–Crippen LogP) is 9.18. The Bertz CT molecular complexity index is 1500. The second-order valence-corrected chi connectivity index (χ2v) is 11.4. The van der Waals surface area contributed by atoms with Gasteiger partial charge in [0, 0.05) is 17.1 Å². The SMILES string of the molecule is CCC1(C)OB(c2ccc(N(c3ccc(-c4ccccc4)cc3)c3ccc(-c4ccccc4)cc3)cc2)OC1(C)C. The van der Waals surface area contributed by atoms with E-state index in [9.17, 15) is 0 Å². The van der Waals surface area contributed by atoms with Crippen LogP contribution in [0.4, 0.5) is 17.1 Å². The van der Waals surface area contributed by atoms with Crippen molar-refractivity contribution < 1.29 is 9.31 Å². The first-order valence-electron chi connectivity index (χ1n) is 14.4. The molecule has 0 amide bonds. The zero-order valence-corrected chi connectivity index (χ0v) is 24.2. The van der Waals surface area contributed by atoms with Crippen LogP contribution in [0, 0.1) is 0 Å². The van der Waals surface area contributed by atoms with E-state index in [4.69, 9.17) is 9.31 Å². The Morgan fingerprint density at radius 3 is 1.29 bits per heavy atom. The van der Waals surface area contributed by atoms with Gasteiger partial charge in [-0.25, -0.2) is 0 Å². The fourth-order valence-electron chi connectivity index (χ4n) is 5.53. The lowest BCUT2D eigenvalue weighted by molar-refractivity contribution is -0.0118. The molecule has 0 aliphatic carbocycles. The molecule has 1 fully saturated rings. The molecule has 0 N–H and O–H groups in total. The molecular weight excluding hydrogens is 501 g/mol. The summed E-state index contributed by atoms with van der Waals surface area (Å²) in [5.41, 5.74) is 8.41. The van der Waals surface area contributed by atoms with Crippen molar-refractivity contribution in [2.24, 2.45) is 0 Å². The van der Waals surface area contributed by atoms with Crippen molar-refractivity contribution in [3.63, 3.8) is 0 Å². The van der Waals surface area contributed by atoms with Gasteiger partial charge in [-0.05, 0) is 91.3 Å². The third-order valence-corrected chi connectivity index (χ3v) is 8.61. The third kappa shape index (κ3) is 5.33. The van der Waals surface area contributed by atoms with Crippen molar-refractivity contribution in [1.82, 2.24) is 0 Å². The second kappa shape index (κ2) is 11.0. The van der Waals surface area contributed by atoms with E-state index in [-0.39, 0.29) is 18.3 Å². The third-order valence-electron chi connectivity index (χ3n) is 8.61. The van der Waals surface area contributed by atoms with Crippen LogP contribution in [0.2, 0.25) is 0 Å². The summed E-state index contributed by atoms with van der Waals surface area (Å²) >= 11 is 0. The summed E-state index contributed by atoms with van der Waals surface area (Å²) in [5, 5.41) is 0. The van der Waals surface area contributed by atoms with Gasteiger partial charge in [0.15, 0.2) is 0 Å². The van der Waals surface area contributed by atoms with Gasteiger partial charge in [0.05, 0.1) is 11.2 Å². The Balaban J connectivity index is 1.34. The Morgan fingerprint density at radius 1 is 0.512 bits per heavy atom. The standard InChI is InChI=1S/C37H36BNO2/c1-5-37(4)36(2,3)40-38(41-37)32-20-26-35(27-21-32)39(33-22-16-30(17-23-33)28-12-8-6-9-13-28)34-24-18-31(19-25-34)29-14-10-7-11-15-29/h6-27H,5H2,1-4H3. The Morgan fingerprint density at radius 2 is 0.902 bits per heavy atom. The lowest BCUT2D eigenvalue weighted by atomic mass is 9.79. The molecule has 0 aromatic heterocycles. The summed E-state index contributed by atoms with van der Waals surface area (Å²) in [4.78, 5) is 2.30. The zero-order valence-electron chi connectivity index (χ0n) is 24.2. The van der Waals surface area contributed by atoms with E-state index in [1.165, 1.54) is 22.3 Å². The fourth-order valence-corrected chi connectivity index (χ4v) is 5.53. The Hall–Kier alpha value is -4.12. The molecule has 1 aliphatic heterocycles. The first-order valence-corrected chi connectivity index (χ1v) is 14.4. The van der Waals surface area contributed by atoms with Crippen LogP contribution in [0.5, 0.6) is 0 Å². The highest BCUT2D eigenvalue weighted by Crippen LogP contribution is 2.40. The largest absolute Gasteiger partial charge is 0.494 e. The molecule has 5 aromatic rings. The molecule has 41 heavy (non-hydrogen) atoms. The van der Waals surface area contributed by atoms with Crippen LogP contribution in [-0.2, 0) is 9.31 Å². The van der Waals surface area contributed by atoms with Crippen LogP contribution >= 0.6 is 0 Å². The van der Waals surface area contributed by atoms with Crippen molar-refractivity contribution in [2.45, 2.75) is 45.3 Å². The Kier molecular flexibility index (Phi) is 7.29. The highest BCUT2D eigenvalue weighted by molar-refractivity contribution is 6.62. The topological polar surface area (TPSA) is 21.7 Å². The van der Waals surface area contributed by atoms with Crippen molar-refractivity contribution in [1.29, 1.82) is 0 Å². The first-order chi connectivity index (χ1) is 19.9. The van der Waals surface area contributed by atoms with Crippen LogP contribution in [0.25, 0.3) is 22.3 Å². The minimum absolute atomic E-state index is 0.330. The molecule has 0 bridgehead atoms. The smallest absolute Gasteiger partial charge is 0.399 e. The summed E-state index contributed by atoms with van der Waals surface area (Å²) in [6, 6.07) is 47.1. The average Bonchev–Trinajstić information content (AvgIpc) is 3.27. The van der Waals surface area contributed by atoms with Gasteiger partial charge in [-0.15, -0.1) is 0 Å². The highest BCUT2D eigenvalue weighted by atomic mass is 16.7. The maximum Gasteiger partial charge on any atom is 0.494 e. The molecule has 204 valence electrons. The molecule has 1 unspecified atom stereocenters. The molecule has 0 spiro atoms. The summed E-state index contributed by atoms with van der Waals surface area (Å²) in [6.45, 7) is 8.53. The van der Waals surface area contributed by atoms with Gasteiger partial charge in [-0.2, -0.15) is 0 Å². The molecular formula is C37H36BNO2. The van der Waals surface area contributed by atoms with E-state index in [2.05, 4.69) is 154 Å². The van der Waals surface area contributed by atoms with Crippen LogP contribution < -0.4 is 10.4 Å². The minimum Gasteiger partial charge on any atom is -0.399 e. The van der Waals surface area contributed by atoms with Gasteiger partial charge < -0.3 is 14.2 Å². The molecule has 4 heteroatoms. The van der Waals surface area contributed by atoms with Gasteiger partial charge in [0.25, 0.3) is 0 Å². The number of nitrogens with zero attached hydrogens (tertiary/aromatic N) is 1. The van der Waals surface area contributed by atoms with Crippen LogP contribution in [0.15, 0.2) is 133 Å². The van der Waals surface area contributed by atoms with Gasteiger partial charge >= 0.3 is 7.12 Å². The average molecular weight is 538 g/mol. The predicted molar refractivity (Wildman–Crippen MR) is 172 cm³/mol. The number of rotatable bonds is 7. The molecule has 0 saturated carbocycles. The normalized spacial score (nSPS) is 17.9. The quantitative estimate of drug-likeness (QED) is 0.193. The number of hydrogen-bond donors (Lipinski definition) is 0. The number of anilines is 3. The number of hydrogen-bond acceptors (Lipinski definition) is 3. The second-order valence-electron chi connectivity index (χ2n) is 11.4. The fraction of sp³-hybridized carbons (Fsp3) is 0.189. The lowest BCUT2D eigenvalue weighted by Crippen LogP contribution is -2.44. The number of benzene rings is 5. The van der Waals surface area contributed by atoms with E-state index >= 15 is 0 Å².